The standard InChI is InChI=1S/C21H24F3N3S/c1-15-10-16(2)12-17(11-15)14-26-6-8-27(9-7-26)28-20-13-18(21(22,23)24)4-5-19(20)25-3/h4-5,10-13H,3,6-9,14H2,1-2H3. The Bertz CT molecular complexity index is 823. The van der Waals surface area contributed by atoms with E-state index in [0.29, 0.717) is 10.6 Å². The molecule has 2 aromatic rings. The quantitative estimate of drug-likeness (QED) is 0.483. The molecule has 1 fully saturated rings. The molecule has 3 rings (SSSR count). The summed E-state index contributed by atoms with van der Waals surface area (Å²) < 4.78 is 41.2. The number of aryl methyl sites for hydroxylation is 2. The van der Waals surface area contributed by atoms with Crippen LogP contribution >= 0.6 is 11.9 Å². The number of rotatable bonds is 5. The summed E-state index contributed by atoms with van der Waals surface area (Å²) in [6.45, 7) is 11.9. The second-order valence-electron chi connectivity index (χ2n) is 7.13. The van der Waals surface area contributed by atoms with Crippen LogP contribution < -0.4 is 0 Å². The maximum absolute atomic E-state index is 13.0. The predicted molar refractivity (Wildman–Crippen MR) is 109 cm³/mol. The number of piperazine rings is 1. The van der Waals surface area contributed by atoms with Gasteiger partial charge in [-0.1, -0.05) is 29.3 Å². The fraction of sp³-hybridized carbons (Fsp3) is 0.381. The maximum Gasteiger partial charge on any atom is 0.416 e. The van der Waals surface area contributed by atoms with Gasteiger partial charge in [0.05, 0.1) is 11.3 Å². The van der Waals surface area contributed by atoms with Crippen molar-refractivity contribution in [1.82, 2.24) is 9.21 Å². The first-order valence-corrected chi connectivity index (χ1v) is 9.92. The van der Waals surface area contributed by atoms with Crippen molar-refractivity contribution in [3.05, 3.63) is 58.7 Å². The molecule has 3 nitrogen and oxygen atoms in total. The van der Waals surface area contributed by atoms with Crippen molar-refractivity contribution in [3.8, 4) is 0 Å². The van der Waals surface area contributed by atoms with Gasteiger partial charge in [-0.05, 0) is 56.3 Å². The fourth-order valence-corrected chi connectivity index (χ4v) is 4.46. The monoisotopic (exact) mass is 407 g/mol. The van der Waals surface area contributed by atoms with Crippen molar-refractivity contribution in [2.45, 2.75) is 31.5 Å². The summed E-state index contributed by atoms with van der Waals surface area (Å²) in [6, 6.07) is 10.2. The molecule has 0 spiro atoms. The Labute approximate surface area is 168 Å². The third-order valence-electron chi connectivity index (χ3n) is 4.70. The van der Waals surface area contributed by atoms with E-state index in [0.717, 1.165) is 44.9 Å². The molecule has 1 saturated heterocycles. The van der Waals surface area contributed by atoms with E-state index in [1.165, 1.54) is 34.7 Å². The predicted octanol–water partition coefficient (Wildman–Crippen LogP) is 5.48. The molecule has 0 bridgehead atoms. The van der Waals surface area contributed by atoms with Crippen LogP contribution in [0.4, 0.5) is 18.9 Å². The first-order chi connectivity index (χ1) is 13.2. The summed E-state index contributed by atoms with van der Waals surface area (Å²) in [5.41, 5.74) is 3.65. The highest BCUT2D eigenvalue weighted by atomic mass is 32.2. The number of alkyl halides is 3. The smallest absolute Gasteiger partial charge is 0.296 e. The van der Waals surface area contributed by atoms with E-state index in [9.17, 15) is 13.2 Å². The van der Waals surface area contributed by atoms with Gasteiger partial charge >= 0.3 is 6.18 Å². The minimum Gasteiger partial charge on any atom is -0.296 e. The molecule has 7 heteroatoms. The van der Waals surface area contributed by atoms with Gasteiger partial charge < -0.3 is 0 Å². The number of benzene rings is 2. The molecule has 1 heterocycles. The molecule has 0 aliphatic carbocycles. The third kappa shape index (κ3) is 5.37. The van der Waals surface area contributed by atoms with Crippen LogP contribution in [-0.2, 0) is 12.7 Å². The summed E-state index contributed by atoms with van der Waals surface area (Å²) in [5, 5.41) is 0. The van der Waals surface area contributed by atoms with Gasteiger partial charge in [-0.2, -0.15) is 13.2 Å². The van der Waals surface area contributed by atoms with Crippen molar-refractivity contribution in [2.24, 2.45) is 4.99 Å². The summed E-state index contributed by atoms with van der Waals surface area (Å²) in [6.07, 6.45) is -4.36. The van der Waals surface area contributed by atoms with Crippen molar-refractivity contribution in [1.29, 1.82) is 0 Å². The molecule has 0 atom stereocenters. The van der Waals surface area contributed by atoms with E-state index in [1.807, 2.05) is 0 Å². The average Bonchev–Trinajstić information content (AvgIpc) is 2.62. The molecule has 0 radical (unpaired) electrons. The zero-order valence-corrected chi connectivity index (χ0v) is 16.9. The molecule has 0 aromatic heterocycles. The van der Waals surface area contributed by atoms with Crippen molar-refractivity contribution in [2.75, 3.05) is 26.2 Å². The summed E-state index contributed by atoms with van der Waals surface area (Å²) in [7, 11) is 0. The van der Waals surface area contributed by atoms with Gasteiger partial charge in [-0.3, -0.25) is 9.89 Å². The van der Waals surface area contributed by atoms with E-state index in [-0.39, 0.29) is 0 Å². The lowest BCUT2D eigenvalue weighted by atomic mass is 10.1. The number of nitrogens with zero attached hydrogens (tertiary/aromatic N) is 3. The van der Waals surface area contributed by atoms with Crippen molar-refractivity contribution in [3.63, 3.8) is 0 Å². The number of halogens is 3. The highest BCUT2D eigenvalue weighted by molar-refractivity contribution is 7.97. The van der Waals surface area contributed by atoms with Gasteiger partial charge in [-0.15, -0.1) is 0 Å². The zero-order chi connectivity index (χ0) is 20.3. The Hall–Kier alpha value is -1.83. The Balaban J connectivity index is 1.62. The van der Waals surface area contributed by atoms with Crippen molar-refractivity contribution < 1.29 is 13.2 Å². The highest BCUT2D eigenvalue weighted by Crippen LogP contribution is 2.38. The van der Waals surface area contributed by atoms with Crippen LogP contribution in [-0.4, -0.2) is 42.1 Å². The first-order valence-electron chi connectivity index (χ1n) is 9.15. The highest BCUT2D eigenvalue weighted by Gasteiger charge is 2.31. The van der Waals surface area contributed by atoms with Gasteiger partial charge in [-0.25, -0.2) is 4.31 Å². The zero-order valence-electron chi connectivity index (χ0n) is 16.1. The Morgan fingerprint density at radius 2 is 1.64 bits per heavy atom. The minimum atomic E-state index is -4.36. The molecule has 150 valence electrons. The lowest BCUT2D eigenvalue weighted by Gasteiger charge is -2.34. The molecular formula is C21H24F3N3S. The number of hydrogen-bond acceptors (Lipinski definition) is 4. The van der Waals surface area contributed by atoms with Gasteiger partial charge in [0.15, 0.2) is 0 Å². The molecule has 1 aliphatic rings. The van der Waals surface area contributed by atoms with E-state index >= 15 is 0 Å². The fourth-order valence-electron chi connectivity index (χ4n) is 3.43. The lowest BCUT2D eigenvalue weighted by molar-refractivity contribution is -0.137. The molecule has 0 amide bonds. The van der Waals surface area contributed by atoms with Gasteiger partial charge in [0.1, 0.15) is 0 Å². The topological polar surface area (TPSA) is 18.8 Å². The molecule has 1 aliphatic heterocycles. The first kappa shape index (κ1) is 20.9. The van der Waals surface area contributed by atoms with Crippen LogP contribution in [0.2, 0.25) is 0 Å². The molecule has 0 saturated carbocycles. The van der Waals surface area contributed by atoms with Crippen LogP contribution in [0.3, 0.4) is 0 Å². The number of hydrogen-bond donors (Lipinski definition) is 0. The lowest BCUT2D eigenvalue weighted by Crippen LogP contribution is -2.42. The molecule has 0 N–H and O–H groups in total. The Morgan fingerprint density at radius 3 is 2.21 bits per heavy atom. The molecule has 28 heavy (non-hydrogen) atoms. The summed E-state index contributed by atoms with van der Waals surface area (Å²) >= 11 is 1.33. The normalized spacial score (nSPS) is 16.3. The van der Waals surface area contributed by atoms with Crippen LogP contribution in [0.25, 0.3) is 0 Å². The van der Waals surface area contributed by atoms with Crippen molar-refractivity contribution >= 4 is 24.4 Å². The largest absolute Gasteiger partial charge is 0.416 e. The van der Waals surface area contributed by atoms with Crippen LogP contribution in [0.1, 0.15) is 22.3 Å². The minimum absolute atomic E-state index is 0.482. The molecular weight excluding hydrogens is 383 g/mol. The Kier molecular flexibility index (Phi) is 6.47. The third-order valence-corrected chi connectivity index (χ3v) is 5.85. The average molecular weight is 408 g/mol. The Morgan fingerprint density at radius 1 is 1.00 bits per heavy atom. The molecule has 0 unspecified atom stereocenters. The number of aliphatic imine (C=N–C) groups is 1. The maximum atomic E-state index is 13.0. The second-order valence-corrected chi connectivity index (χ2v) is 8.27. The van der Waals surface area contributed by atoms with E-state index in [2.05, 4.69) is 53.0 Å². The van der Waals surface area contributed by atoms with Crippen LogP contribution in [0.5, 0.6) is 0 Å². The van der Waals surface area contributed by atoms with Gasteiger partial charge in [0.2, 0.25) is 0 Å². The van der Waals surface area contributed by atoms with E-state index in [1.54, 1.807) is 0 Å². The second kappa shape index (κ2) is 8.68. The van der Waals surface area contributed by atoms with Crippen LogP contribution in [0, 0.1) is 13.8 Å². The van der Waals surface area contributed by atoms with E-state index in [4.69, 9.17) is 0 Å². The summed E-state index contributed by atoms with van der Waals surface area (Å²) in [5.74, 6) is 0. The van der Waals surface area contributed by atoms with Crippen LogP contribution in [0.15, 0.2) is 46.3 Å². The van der Waals surface area contributed by atoms with Gasteiger partial charge in [0, 0.05) is 37.6 Å². The molecule has 2 aromatic carbocycles. The summed E-state index contributed by atoms with van der Waals surface area (Å²) in [4.78, 5) is 6.74. The van der Waals surface area contributed by atoms with E-state index < -0.39 is 11.7 Å². The van der Waals surface area contributed by atoms with Gasteiger partial charge in [0.25, 0.3) is 0 Å². The SMILES string of the molecule is C=Nc1ccc(C(F)(F)F)cc1SN1CCN(Cc2cc(C)cc(C)c2)CC1.